The molecule has 0 bridgehead atoms. The highest BCUT2D eigenvalue weighted by molar-refractivity contribution is 5.94. The molecule has 5 nitrogen and oxygen atoms in total. The molecule has 1 fully saturated rings. The molecule has 0 saturated carbocycles. The Morgan fingerprint density at radius 1 is 1.28 bits per heavy atom. The van der Waals surface area contributed by atoms with Crippen molar-refractivity contribution < 1.29 is 4.79 Å². The molecule has 132 valence electrons. The lowest BCUT2D eigenvalue weighted by Crippen LogP contribution is -2.32. The number of nitrogens with one attached hydrogen (secondary N) is 2. The summed E-state index contributed by atoms with van der Waals surface area (Å²) < 4.78 is 0. The van der Waals surface area contributed by atoms with Crippen molar-refractivity contribution in [2.45, 2.75) is 32.1 Å². The number of carbonyl (C=O) groups excluding carboxylic acids is 1. The van der Waals surface area contributed by atoms with Gasteiger partial charge >= 0.3 is 0 Å². The average Bonchev–Trinajstić information content (AvgIpc) is 3.35. The van der Waals surface area contributed by atoms with Crippen LogP contribution in [0.2, 0.25) is 0 Å². The van der Waals surface area contributed by atoms with Crippen LogP contribution in [0.3, 0.4) is 0 Å². The van der Waals surface area contributed by atoms with Gasteiger partial charge in [0.2, 0.25) is 0 Å². The van der Waals surface area contributed by atoms with Crippen LogP contribution in [0, 0.1) is 5.92 Å². The van der Waals surface area contributed by atoms with Gasteiger partial charge < -0.3 is 10.2 Å². The van der Waals surface area contributed by atoms with E-state index in [1.807, 2.05) is 0 Å². The van der Waals surface area contributed by atoms with Crippen LogP contribution in [0.1, 0.15) is 40.2 Å². The van der Waals surface area contributed by atoms with Crippen molar-refractivity contribution in [2.75, 3.05) is 26.2 Å². The first-order valence-corrected chi connectivity index (χ1v) is 9.40. The van der Waals surface area contributed by atoms with Gasteiger partial charge in [0.1, 0.15) is 0 Å². The van der Waals surface area contributed by atoms with Crippen LogP contribution in [0.4, 0.5) is 0 Å². The van der Waals surface area contributed by atoms with Crippen LogP contribution in [-0.4, -0.2) is 47.2 Å². The second kappa shape index (κ2) is 7.40. The van der Waals surface area contributed by atoms with Gasteiger partial charge in [0.25, 0.3) is 5.91 Å². The molecule has 2 aromatic rings. The largest absolute Gasteiger partial charge is 0.350 e. The standard InChI is InChI=1S/C20H26N4O/c25-20(19-17-7-4-8-18(17)22-23-19)21-13-16-10-12-24(14-16)11-9-15-5-2-1-3-6-15/h1-3,5-6,16H,4,7-14H2,(H,21,25)(H,22,23). The Morgan fingerprint density at radius 2 is 2.16 bits per heavy atom. The zero-order valence-corrected chi connectivity index (χ0v) is 14.6. The van der Waals surface area contributed by atoms with E-state index in [4.69, 9.17) is 0 Å². The number of aryl methyl sites for hydroxylation is 1. The summed E-state index contributed by atoms with van der Waals surface area (Å²) in [6.07, 6.45) is 5.38. The third kappa shape index (κ3) is 3.76. The quantitative estimate of drug-likeness (QED) is 0.849. The van der Waals surface area contributed by atoms with Crippen LogP contribution in [0.15, 0.2) is 30.3 Å². The molecule has 0 radical (unpaired) electrons. The van der Waals surface area contributed by atoms with Gasteiger partial charge in [-0.15, -0.1) is 0 Å². The number of H-pyrrole nitrogens is 1. The average molecular weight is 338 g/mol. The molecule has 2 aliphatic rings. The van der Waals surface area contributed by atoms with E-state index >= 15 is 0 Å². The van der Waals surface area contributed by atoms with Crippen molar-refractivity contribution in [3.05, 3.63) is 52.8 Å². The van der Waals surface area contributed by atoms with E-state index in [1.165, 1.54) is 5.56 Å². The molecule has 1 aromatic heterocycles. The maximum Gasteiger partial charge on any atom is 0.272 e. The summed E-state index contributed by atoms with van der Waals surface area (Å²) in [5, 5.41) is 10.3. The van der Waals surface area contributed by atoms with E-state index in [9.17, 15) is 4.79 Å². The second-order valence-corrected chi connectivity index (χ2v) is 7.28. The number of amides is 1. The molecule has 2 heterocycles. The molecule has 0 spiro atoms. The highest BCUT2D eigenvalue weighted by atomic mass is 16.1. The Kier molecular flexibility index (Phi) is 4.83. The normalized spacial score (nSPS) is 19.9. The number of fused-ring (bicyclic) bond motifs is 1. The highest BCUT2D eigenvalue weighted by Gasteiger charge is 2.25. The van der Waals surface area contributed by atoms with Crippen molar-refractivity contribution in [2.24, 2.45) is 5.92 Å². The Morgan fingerprint density at radius 3 is 3.04 bits per heavy atom. The molecule has 4 rings (SSSR count). The predicted octanol–water partition coefficient (Wildman–Crippen LogP) is 2.19. The van der Waals surface area contributed by atoms with E-state index in [0.717, 1.165) is 69.5 Å². The first-order valence-electron chi connectivity index (χ1n) is 9.40. The van der Waals surface area contributed by atoms with Gasteiger partial charge in [-0.05, 0) is 50.1 Å². The van der Waals surface area contributed by atoms with E-state index < -0.39 is 0 Å². The van der Waals surface area contributed by atoms with Crippen LogP contribution in [0.25, 0.3) is 0 Å². The number of hydrogen-bond donors (Lipinski definition) is 2. The first-order chi connectivity index (χ1) is 12.3. The van der Waals surface area contributed by atoms with Crippen LogP contribution < -0.4 is 5.32 Å². The Balaban J connectivity index is 1.22. The van der Waals surface area contributed by atoms with Gasteiger partial charge in [-0.1, -0.05) is 30.3 Å². The fourth-order valence-corrected chi connectivity index (χ4v) is 4.04. The van der Waals surface area contributed by atoms with Crippen molar-refractivity contribution in [3.63, 3.8) is 0 Å². The van der Waals surface area contributed by atoms with Crippen molar-refractivity contribution in [3.8, 4) is 0 Å². The number of hydrogen-bond acceptors (Lipinski definition) is 3. The molecule has 2 N–H and O–H groups in total. The zero-order valence-electron chi connectivity index (χ0n) is 14.6. The molecular weight excluding hydrogens is 312 g/mol. The minimum atomic E-state index is -0.0119. The van der Waals surface area contributed by atoms with Gasteiger partial charge in [0, 0.05) is 30.9 Å². The third-order valence-corrected chi connectivity index (χ3v) is 5.50. The minimum Gasteiger partial charge on any atom is -0.350 e. The lowest BCUT2D eigenvalue weighted by molar-refractivity contribution is 0.0941. The van der Waals surface area contributed by atoms with Crippen molar-refractivity contribution in [1.29, 1.82) is 0 Å². The number of likely N-dealkylation sites (tertiary alicyclic amines) is 1. The predicted molar refractivity (Wildman–Crippen MR) is 97.6 cm³/mol. The second-order valence-electron chi connectivity index (χ2n) is 7.28. The topological polar surface area (TPSA) is 61.0 Å². The Labute approximate surface area is 148 Å². The molecule has 1 aliphatic carbocycles. The summed E-state index contributed by atoms with van der Waals surface area (Å²) >= 11 is 0. The molecule has 5 heteroatoms. The first kappa shape index (κ1) is 16.3. The Hall–Kier alpha value is -2.14. The Bertz CT molecular complexity index is 725. The molecule has 1 aromatic carbocycles. The molecule has 1 amide bonds. The van der Waals surface area contributed by atoms with E-state index in [2.05, 4.69) is 50.7 Å². The molecule has 1 unspecified atom stereocenters. The van der Waals surface area contributed by atoms with E-state index in [1.54, 1.807) is 0 Å². The van der Waals surface area contributed by atoms with Crippen LogP contribution >= 0.6 is 0 Å². The van der Waals surface area contributed by atoms with Crippen LogP contribution in [-0.2, 0) is 19.3 Å². The maximum absolute atomic E-state index is 12.4. The maximum atomic E-state index is 12.4. The van der Waals surface area contributed by atoms with Gasteiger partial charge in [0.05, 0.1) is 0 Å². The fourth-order valence-electron chi connectivity index (χ4n) is 4.04. The van der Waals surface area contributed by atoms with Crippen molar-refractivity contribution in [1.82, 2.24) is 20.4 Å². The lowest BCUT2D eigenvalue weighted by Gasteiger charge is -2.16. The summed E-state index contributed by atoms with van der Waals surface area (Å²) in [6, 6.07) is 10.6. The summed E-state index contributed by atoms with van der Waals surface area (Å²) in [4.78, 5) is 14.9. The monoisotopic (exact) mass is 338 g/mol. The summed E-state index contributed by atoms with van der Waals surface area (Å²) in [5.74, 6) is 0.536. The number of benzene rings is 1. The smallest absolute Gasteiger partial charge is 0.272 e. The minimum absolute atomic E-state index is 0.0119. The molecule has 1 aliphatic heterocycles. The zero-order chi connectivity index (χ0) is 17.1. The summed E-state index contributed by atoms with van der Waals surface area (Å²) in [5.41, 5.74) is 4.30. The molecule has 1 saturated heterocycles. The number of aromatic nitrogens is 2. The lowest BCUT2D eigenvalue weighted by atomic mass is 10.1. The van der Waals surface area contributed by atoms with Gasteiger partial charge in [0.15, 0.2) is 5.69 Å². The summed E-state index contributed by atoms with van der Waals surface area (Å²) in [7, 11) is 0. The van der Waals surface area contributed by atoms with Gasteiger partial charge in [-0.25, -0.2) is 0 Å². The number of carbonyl (C=O) groups is 1. The highest BCUT2D eigenvalue weighted by Crippen LogP contribution is 2.23. The molecule has 25 heavy (non-hydrogen) atoms. The number of nitrogens with zero attached hydrogens (tertiary/aromatic N) is 2. The van der Waals surface area contributed by atoms with Crippen LogP contribution in [0.5, 0.6) is 0 Å². The van der Waals surface area contributed by atoms with E-state index in [0.29, 0.717) is 11.6 Å². The SMILES string of the molecule is O=C(NCC1CCN(CCc2ccccc2)C1)c1n[nH]c2c1CCC2. The van der Waals surface area contributed by atoms with Crippen molar-refractivity contribution >= 4 is 5.91 Å². The molecular formula is C20H26N4O. The number of aromatic amines is 1. The fraction of sp³-hybridized carbons (Fsp3) is 0.500. The number of rotatable bonds is 6. The summed E-state index contributed by atoms with van der Waals surface area (Å²) in [6.45, 7) is 4.06. The van der Waals surface area contributed by atoms with E-state index in [-0.39, 0.29) is 5.91 Å². The third-order valence-electron chi connectivity index (χ3n) is 5.50. The van der Waals surface area contributed by atoms with Gasteiger partial charge in [-0.2, -0.15) is 5.10 Å². The molecule has 1 atom stereocenters. The van der Waals surface area contributed by atoms with Gasteiger partial charge in [-0.3, -0.25) is 9.89 Å².